The van der Waals surface area contributed by atoms with Gasteiger partial charge in [0.2, 0.25) is 0 Å². The summed E-state index contributed by atoms with van der Waals surface area (Å²) in [5.74, 6) is -0.842. The van der Waals surface area contributed by atoms with E-state index in [0.29, 0.717) is 5.57 Å². The minimum atomic E-state index is -1.46. The van der Waals surface area contributed by atoms with E-state index in [9.17, 15) is 4.79 Å². The molecular weight excluding hydrogens is 323 g/mol. The Balaban J connectivity index is 3.87. The van der Waals surface area contributed by atoms with Crippen molar-refractivity contribution in [2.75, 3.05) is 0 Å². The van der Waals surface area contributed by atoms with Crippen LogP contribution in [0.25, 0.3) is 0 Å². The number of aliphatic carboxylic acids is 1. The van der Waals surface area contributed by atoms with Crippen LogP contribution in [-0.2, 0) is 9.22 Å². The molecule has 0 aromatic rings. The average Bonchev–Trinajstić information content (AvgIpc) is 2.00. The van der Waals surface area contributed by atoms with Crippen LogP contribution < -0.4 is 0 Å². The summed E-state index contributed by atoms with van der Waals surface area (Å²) in [6, 6.07) is 0. The van der Waals surface area contributed by atoms with Crippen molar-refractivity contribution in [3.8, 4) is 0 Å². The van der Waals surface area contributed by atoms with E-state index in [1.807, 2.05) is 0 Å². The van der Waals surface area contributed by atoms with Gasteiger partial charge in [-0.1, -0.05) is 28.7 Å². The highest BCUT2D eigenvalue weighted by Gasteiger charge is 2.18. The number of halogens is 1. The molecule has 5 heteroatoms. The fourth-order valence-corrected chi connectivity index (χ4v) is 4.49. The molecule has 0 heterocycles. The van der Waals surface area contributed by atoms with E-state index < -0.39 is 14.3 Å². The number of carboxylic acids is 1. The Hall–Kier alpha value is 0.117. The largest absolute Gasteiger partial charge is 0.478 e. The fourth-order valence-electron chi connectivity index (χ4n) is 0.961. The number of carboxylic acid groups (broad SMARTS) is 1. The number of alkyl halides is 1. The zero-order chi connectivity index (χ0) is 12.1. The molecule has 0 aromatic carbocycles. The molecule has 0 radical (unpaired) electrons. The van der Waals surface area contributed by atoms with Gasteiger partial charge in [0.25, 0.3) is 0 Å². The number of allylic oxidation sites excluding steroid dienone is 1. The lowest BCUT2D eigenvalue weighted by atomic mass is 10.2. The molecule has 0 spiro atoms. The lowest BCUT2D eigenvalue weighted by molar-refractivity contribution is -0.132. The molecule has 1 unspecified atom stereocenters. The van der Waals surface area contributed by atoms with Gasteiger partial charge in [-0.15, -0.1) is 0 Å². The van der Waals surface area contributed by atoms with Gasteiger partial charge in [-0.25, -0.2) is 4.79 Å². The number of carbonyl (C=O) groups is 1. The Kier molecular flexibility index (Phi) is 6.70. The first-order valence-electron chi connectivity index (χ1n) is 4.94. The van der Waals surface area contributed by atoms with E-state index >= 15 is 0 Å². The monoisotopic (exact) mass is 342 g/mol. The van der Waals surface area contributed by atoms with Crippen LogP contribution >= 0.6 is 22.6 Å². The quantitative estimate of drug-likeness (QED) is 0.348. The molecule has 0 fully saturated rings. The summed E-state index contributed by atoms with van der Waals surface area (Å²) in [6.45, 7) is 8.06. The lowest BCUT2D eigenvalue weighted by Crippen LogP contribution is -2.29. The van der Waals surface area contributed by atoms with Gasteiger partial charge in [0.1, 0.15) is 0 Å². The smallest absolute Gasteiger partial charge is 0.330 e. The van der Waals surface area contributed by atoms with Gasteiger partial charge in [-0.05, 0) is 39.4 Å². The summed E-state index contributed by atoms with van der Waals surface area (Å²) in [6.07, 6.45) is 3.38. The summed E-state index contributed by atoms with van der Waals surface area (Å²) in [5, 5.41) is 8.64. The van der Waals surface area contributed by atoms with Gasteiger partial charge < -0.3 is 9.53 Å². The van der Waals surface area contributed by atoms with Crippen LogP contribution in [0.5, 0.6) is 0 Å². The van der Waals surface area contributed by atoms with Crippen molar-refractivity contribution in [3.05, 3.63) is 11.6 Å². The van der Waals surface area contributed by atoms with Crippen LogP contribution in [-0.4, -0.2) is 23.5 Å². The van der Waals surface area contributed by atoms with Crippen molar-refractivity contribution in [3.63, 3.8) is 0 Å². The van der Waals surface area contributed by atoms with E-state index in [-0.39, 0.29) is 4.11 Å². The third kappa shape index (κ3) is 9.07. The van der Waals surface area contributed by atoms with Crippen molar-refractivity contribution in [1.29, 1.82) is 0 Å². The highest BCUT2D eigenvalue weighted by atomic mass is 127. The molecule has 3 nitrogen and oxygen atoms in total. The standard InChI is InChI=1S/C10H19IO3Si/c1-8(10(12)13)6-5-7-9(11)14-15(2,3)4/h6,9H,5,7H2,1-4H3,(H,12,13). The zero-order valence-electron chi connectivity index (χ0n) is 9.71. The predicted octanol–water partition coefficient (Wildman–Crippen LogP) is 3.41. The van der Waals surface area contributed by atoms with Gasteiger partial charge in [0, 0.05) is 5.57 Å². The number of hydrogen-bond donors (Lipinski definition) is 1. The first-order valence-corrected chi connectivity index (χ1v) is 9.59. The van der Waals surface area contributed by atoms with Crippen molar-refractivity contribution < 1.29 is 14.3 Å². The first-order chi connectivity index (χ1) is 6.72. The van der Waals surface area contributed by atoms with Crippen molar-refractivity contribution >= 4 is 36.9 Å². The molecule has 0 bridgehead atoms. The molecule has 88 valence electrons. The summed E-state index contributed by atoms with van der Waals surface area (Å²) in [7, 11) is -1.46. The van der Waals surface area contributed by atoms with E-state index in [2.05, 4.69) is 42.2 Å². The van der Waals surface area contributed by atoms with Crippen molar-refractivity contribution in [2.45, 2.75) is 43.5 Å². The molecule has 0 amide bonds. The Morgan fingerprint density at radius 1 is 1.53 bits per heavy atom. The first kappa shape index (κ1) is 15.1. The van der Waals surface area contributed by atoms with E-state index in [1.165, 1.54) is 0 Å². The number of hydrogen-bond acceptors (Lipinski definition) is 2. The maximum atomic E-state index is 10.5. The Labute approximate surface area is 106 Å². The van der Waals surface area contributed by atoms with Gasteiger partial charge in [-0.2, -0.15) is 0 Å². The molecule has 0 rings (SSSR count). The Bertz CT molecular complexity index is 246. The van der Waals surface area contributed by atoms with E-state index in [4.69, 9.17) is 9.53 Å². The maximum Gasteiger partial charge on any atom is 0.330 e. The van der Waals surface area contributed by atoms with Crippen LogP contribution in [0, 0.1) is 0 Å². The van der Waals surface area contributed by atoms with E-state index in [1.54, 1.807) is 13.0 Å². The van der Waals surface area contributed by atoms with E-state index in [0.717, 1.165) is 12.8 Å². The van der Waals surface area contributed by atoms with Gasteiger partial charge >= 0.3 is 5.97 Å². The third-order valence-electron chi connectivity index (χ3n) is 1.66. The zero-order valence-corrected chi connectivity index (χ0v) is 12.9. The van der Waals surface area contributed by atoms with Crippen LogP contribution in [0.2, 0.25) is 19.6 Å². The third-order valence-corrected chi connectivity index (χ3v) is 4.01. The summed E-state index contributed by atoms with van der Waals surface area (Å²) in [4.78, 5) is 10.5. The highest BCUT2D eigenvalue weighted by Crippen LogP contribution is 2.17. The Morgan fingerprint density at radius 3 is 2.47 bits per heavy atom. The van der Waals surface area contributed by atoms with Gasteiger partial charge in [0.15, 0.2) is 8.32 Å². The number of rotatable bonds is 6. The predicted molar refractivity (Wildman–Crippen MR) is 72.9 cm³/mol. The van der Waals surface area contributed by atoms with Gasteiger partial charge in [-0.3, -0.25) is 0 Å². The summed E-state index contributed by atoms with van der Waals surface area (Å²) < 4.78 is 6.02. The summed E-state index contributed by atoms with van der Waals surface area (Å²) in [5.41, 5.74) is 0.409. The molecule has 0 saturated carbocycles. The summed E-state index contributed by atoms with van der Waals surface area (Å²) >= 11 is 2.27. The van der Waals surface area contributed by atoms with Crippen molar-refractivity contribution in [2.24, 2.45) is 0 Å². The van der Waals surface area contributed by atoms with Crippen LogP contribution in [0.1, 0.15) is 19.8 Å². The molecule has 1 N–H and O–H groups in total. The second kappa shape index (κ2) is 6.65. The molecule has 0 aliphatic carbocycles. The topological polar surface area (TPSA) is 46.5 Å². The lowest BCUT2D eigenvalue weighted by Gasteiger charge is -2.21. The minimum absolute atomic E-state index is 0.187. The minimum Gasteiger partial charge on any atom is -0.478 e. The average molecular weight is 342 g/mol. The molecule has 1 atom stereocenters. The second-order valence-electron chi connectivity index (χ2n) is 4.41. The molecule has 0 aromatic heterocycles. The SMILES string of the molecule is CC(=CCCC(I)O[Si](C)(C)C)C(=O)O. The normalized spacial score (nSPS) is 15.1. The van der Waals surface area contributed by atoms with Crippen molar-refractivity contribution in [1.82, 2.24) is 0 Å². The fraction of sp³-hybridized carbons (Fsp3) is 0.700. The molecule has 0 aliphatic rings. The molecule has 0 aliphatic heterocycles. The van der Waals surface area contributed by atoms with Gasteiger partial charge in [0.05, 0.1) is 4.11 Å². The molecular formula is C10H19IO3Si. The second-order valence-corrected chi connectivity index (χ2v) is 10.3. The highest BCUT2D eigenvalue weighted by molar-refractivity contribution is 14.1. The van der Waals surface area contributed by atoms with Crippen LogP contribution in [0.4, 0.5) is 0 Å². The molecule has 15 heavy (non-hydrogen) atoms. The van der Waals surface area contributed by atoms with Crippen LogP contribution in [0.3, 0.4) is 0 Å². The van der Waals surface area contributed by atoms with Crippen LogP contribution in [0.15, 0.2) is 11.6 Å². The maximum absolute atomic E-state index is 10.5. The molecule has 0 saturated heterocycles. The Morgan fingerprint density at radius 2 is 2.07 bits per heavy atom.